The Bertz CT molecular complexity index is 1040. The number of aryl methyl sites for hydroxylation is 2. The van der Waals surface area contributed by atoms with Crippen molar-refractivity contribution >= 4 is 32.6 Å². The lowest BCUT2D eigenvalue weighted by Crippen LogP contribution is -2.39. The molecule has 0 unspecified atom stereocenters. The van der Waals surface area contributed by atoms with Gasteiger partial charge < -0.3 is 4.74 Å². The van der Waals surface area contributed by atoms with Crippen LogP contribution < -0.4 is 4.90 Å². The molecule has 0 saturated carbocycles. The maximum Gasteiger partial charge on any atom is 0.278 e. The maximum atomic E-state index is 14.2. The summed E-state index contributed by atoms with van der Waals surface area (Å²) in [5, 5.41) is 4.51. The molecule has 0 aliphatic carbocycles. The lowest BCUT2D eigenvalue weighted by Gasteiger charge is -2.27. The maximum absolute atomic E-state index is 14.2. The van der Waals surface area contributed by atoms with E-state index in [4.69, 9.17) is 4.74 Å². The summed E-state index contributed by atoms with van der Waals surface area (Å²) in [5.74, 6) is -1.65. The van der Waals surface area contributed by atoms with Crippen LogP contribution >= 0.6 is 11.3 Å². The summed E-state index contributed by atoms with van der Waals surface area (Å²) in [4.78, 5) is 21.6. The predicted octanol–water partition coefficient (Wildman–Crippen LogP) is 2.99. The quantitative estimate of drug-likeness (QED) is 0.596. The van der Waals surface area contributed by atoms with E-state index >= 15 is 0 Å². The largest absolute Gasteiger partial charge is 0.379 e. The highest BCUT2D eigenvalue weighted by molar-refractivity contribution is 7.22. The SMILES string of the molecule is Cc1cnn(C)c1C(=O)N(CCCN1CCOCC1)c1nc2c(F)cc(F)cc2s1. The van der Waals surface area contributed by atoms with Crippen molar-refractivity contribution in [2.24, 2.45) is 7.05 Å². The first-order valence-corrected chi connectivity index (χ1v) is 10.6. The molecule has 0 N–H and O–H groups in total. The van der Waals surface area contributed by atoms with Gasteiger partial charge in [0.1, 0.15) is 17.0 Å². The van der Waals surface area contributed by atoms with Gasteiger partial charge in [0.2, 0.25) is 0 Å². The molecule has 3 aromatic rings. The fourth-order valence-electron chi connectivity index (χ4n) is 3.60. The highest BCUT2D eigenvalue weighted by Crippen LogP contribution is 2.32. The van der Waals surface area contributed by atoms with Crippen molar-refractivity contribution in [3.05, 3.63) is 41.2 Å². The molecule has 1 saturated heterocycles. The van der Waals surface area contributed by atoms with E-state index in [-0.39, 0.29) is 11.4 Å². The Balaban J connectivity index is 1.62. The number of hydrogen-bond donors (Lipinski definition) is 0. The molecule has 1 aliphatic rings. The number of amides is 1. The first kappa shape index (κ1) is 20.8. The molecule has 7 nitrogen and oxygen atoms in total. The lowest BCUT2D eigenvalue weighted by molar-refractivity contribution is 0.0376. The first-order chi connectivity index (χ1) is 14.4. The lowest BCUT2D eigenvalue weighted by atomic mass is 10.2. The number of ether oxygens (including phenoxy) is 1. The number of carbonyl (C=O) groups excluding carboxylic acids is 1. The number of rotatable bonds is 6. The Morgan fingerprint density at radius 3 is 2.77 bits per heavy atom. The van der Waals surface area contributed by atoms with E-state index in [1.807, 2.05) is 6.92 Å². The first-order valence-electron chi connectivity index (χ1n) is 9.80. The number of nitrogens with zero attached hydrogens (tertiary/aromatic N) is 5. The van der Waals surface area contributed by atoms with E-state index in [0.29, 0.717) is 35.3 Å². The minimum absolute atomic E-state index is 0.0732. The number of aromatic nitrogens is 3. The van der Waals surface area contributed by atoms with Crippen LogP contribution in [0.4, 0.5) is 13.9 Å². The number of morpholine rings is 1. The zero-order valence-corrected chi connectivity index (χ0v) is 17.7. The van der Waals surface area contributed by atoms with E-state index in [0.717, 1.165) is 49.0 Å². The molecule has 1 aromatic carbocycles. The second-order valence-corrected chi connectivity index (χ2v) is 8.30. The van der Waals surface area contributed by atoms with E-state index in [9.17, 15) is 13.6 Å². The van der Waals surface area contributed by atoms with Crippen molar-refractivity contribution in [1.82, 2.24) is 19.7 Å². The minimum atomic E-state index is -0.732. The Morgan fingerprint density at radius 2 is 2.07 bits per heavy atom. The Labute approximate surface area is 176 Å². The molecule has 10 heteroatoms. The summed E-state index contributed by atoms with van der Waals surface area (Å²) >= 11 is 1.11. The van der Waals surface area contributed by atoms with Gasteiger partial charge >= 0.3 is 0 Å². The fourth-order valence-corrected chi connectivity index (χ4v) is 4.63. The summed E-state index contributed by atoms with van der Waals surface area (Å²) in [6.07, 6.45) is 2.35. The van der Waals surface area contributed by atoms with Crippen LogP contribution in [0.15, 0.2) is 18.3 Å². The molecule has 4 rings (SSSR count). The third-order valence-electron chi connectivity index (χ3n) is 5.16. The van der Waals surface area contributed by atoms with Gasteiger partial charge in [-0.3, -0.25) is 19.3 Å². The van der Waals surface area contributed by atoms with Crippen molar-refractivity contribution in [2.75, 3.05) is 44.3 Å². The van der Waals surface area contributed by atoms with Gasteiger partial charge in [0.25, 0.3) is 5.91 Å². The van der Waals surface area contributed by atoms with Crippen molar-refractivity contribution in [3.63, 3.8) is 0 Å². The number of benzene rings is 1. The molecule has 1 aliphatic heterocycles. The standard InChI is InChI=1S/C20H23F2N5O2S/c1-13-12-23-25(2)18(13)19(28)27(5-3-4-26-6-8-29-9-7-26)20-24-17-15(22)10-14(21)11-16(17)30-20/h10-12H,3-9H2,1-2H3. The molecule has 1 fully saturated rings. The number of hydrogen-bond acceptors (Lipinski definition) is 6. The molecule has 2 aromatic heterocycles. The molecule has 0 radical (unpaired) electrons. The average Bonchev–Trinajstić information content (AvgIpc) is 3.28. The van der Waals surface area contributed by atoms with Crippen molar-refractivity contribution in [1.29, 1.82) is 0 Å². The molecular formula is C20H23F2N5O2S. The minimum Gasteiger partial charge on any atom is -0.379 e. The number of thiazole rings is 1. The summed E-state index contributed by atoms with van der Waals surface area (Å²) in [5.41, 5.74) is 1.27. The van der Waals surface area contributed by atoms with Gasteiger partial charge in [-0.15, -0.1) is 0 Å². The highest BCUT2D eigenvalue weighted by atomic mass is 32.1. The second-order valence-electron chi connectivity index (χ2n) is 7.29. The topological polar surface area (TPSA) is 63.5 Å². The van der Waals surface area contributed by atoms with E-state index < -0.39 is 11.6 Å². The number of fused-ring (bicyclic) bond motifs is 1. The van der Waals surface area contributed by atoms with Crippen LogP contribution in [0, 0.1) is 18.6 Å². The zero-order chi connectivity index (χ0) is 21.3. The van der Waals surface area contributed by atoms with Gasteiger partial charge in [0.05, 0.1) is 24.1 Å². The monoisotopic (exact) mass is 435 g/mol. The van der Waals surface area contributed by atoms with Gasteiger partial charge in [-0.2, -0.15) is 5.10 Å². The highest BCUT2D eigenvalue weighted by Gasteiger charge is 2.26. The van der Waals surface area contributed by atoms with Crippen LogP contribution in [0.25, 0.3) is 10.2 Å². The Morgan fingerprint density at radius 1 is 1.30 bits per heavy atom. The smallest absolute Gasteiger partial charge is 0.278 e. The van der Waals surface area contributed by atoms with Gasteiger partial charge in [-0.25, -0.2) is 13.8 Å². The van der Waals surface area contributed by atoms with Crippen molar-refractivity contribution in [2.45, 2.75) is 13.3 Å². The summed E-state index contributed by atoms with van der Waals surface area (Å²) in [6.45, 7) is 6.18. The third-order valence-corrected chi connectivity index (χ3v) is 6.19. The van der Waals surface area contributed by atoms with Crippen molar-refractivity contribution in [3.8, 4) is 0 Å². The summed E-state index contributed by atoms with van der Waals surface area (Å²) in [7, 11) is 1.71. The van der Waals surface area contributed by atoms with Crippen molar-refractivity contribution < 1.29 is 18.3 Å². The number of anilines is 1. The fraction of sp³-hybridized carbons (Fsp3) is 0.450. The van der Waals surface area contributed by atoms with Crippen LogP contribution in [0.2, 0.25) is 0 Å². The molecular weight excluding hydrogens is 412 g/mol. The summed E-state index contributed by atoms with van der Waals surface area (Å²) in [6, 6.07) is 2.05. The zero-order valence-electron chi connectivity index (χ0n) is 16.9. The Hall–Kier alpha value is -2.43. The number of carbonyl (C=O) groups is 1. The molecule has 160 valence electrons. The second kappa shape index (κ2) is 8.75. The van der Waals surface area contributed by atoms with E-state index in [1.165, 1.54) is 10.7 Å². The predicted molar refractivity (Wildman–Crippen MR) is 111 cm³/mol. The molecule has 1 amide bonds. The normalized spacial score (nSPS) is 15.1. The number of halogens is 2. The van der Waals surface area contributed by atoms with Crippen LogP contribution in [0.1, 0.15) is 22.5 Å². The van der Waals surface area contributed by atoms with Crippen LogP contribution in [0.3, 0.4) is 0 Å². The molecule has 3 heterocycles. The van der Waals surface area contributed by atoms with Gasteiger partial charge in [0.15, 0.2) is 10.9 Å². The third kappa shape index (κ3) is 4.21. The Kier molecular flexibility index (Phi) is 6.07. The van der Waals surface area contributed by atoms with E-state index in [2.05, 4.69) is 15.0 Å². The van der Waals surface area contributed by atoms with Crippen LogP contribution in [-0.2, 0) is 11.8 Å². The van der Waals surface area contributed by atoms with Gasteiger partial charge in [-0.05, 0) is 25.0 Å². The van der Waals surface area contributed by atoms with Gasteiger partial charge in [0, 0.05) is 39.3 Å². The van der Waals surface area contributed by atoms with E-state index in [1.54, 1.807) is 18.1 Å². The molecule has 30 heavy (non-hydrogen) atoms. The summed E-state index contributed by atoms with van der Waals surface area (Å²) < 4.78 is 35.1. The molecule has 0 spiro atoms. The van der Waals surface area contributed by atoms with Crippen LogP contribution in [0.5, 0.6) is 0 Å². The van der Waals surface area contributed by atoms with Gasteiger partial charge in [-0.1, -0.05) is 11.3 Å². The van der Waals surface area contributed by atoms with Crippen LogP contribution in [-0.4, -0.2) is 65.0 Å². The molecule has 0 bridgehead atoms. The molecule has 0 atom stereocenters. The average molecular weight is 436 g/mol.